The highest BCUT2D eigenvalue weighted by molar-refractivity contribution is 7.12. The molecule has 2 rings (SSSR count). The van der Waals surface area contributed by atoms with Crippen LogP contribution >= 0.6 is 11.3 Å². The molecule has 0 unspecified atom stereocenters. The van der Waals surface area contributed by atoms with Crippen LogP contribution in [-0.4, -0.2) is 31.6 Å². The Balaban J connectivity index is 2.21. The second kappa shape index (κ2) is 9.98. The number of hydrogen-bond donors (Lipinski definition) is 2. The van der Waals surface area contributed by atoms with E-state index in [1.807, 2.05) is 34.6 Å². The molecule has 0 saturated carbocycles. The molecule has 2 aromatic rings. The fourth-order valence-electron chi connectivity index (χ4n) is 2.63. The van der Waals surface area contributed by atoms with Gasteiger partial charge in [-0.3, -0.25) is 20.4 Å². The van der Waals surface area contributed by atoms with E-state index in [1.54, 1.807) is 18.2 Å². The molecule has 0 aliphatic rings. The fourth-order valence-corrected chi connectivity index (χ4v) is 3.55. The summed E-state index contributed by atoms with van der Waals surface area (Å²) in [5.74, 6) is 0.433. The summed E-state index contributed by atoms with van der Waals surface area (Å²) in [6, 6.07) is 4.93. The molecule has 0 radical (unpaired) electrons. The van der Waals surface area contributed by atoms with Gasteiger partial charge in [0.1, 0.15) is 0 Å². The van der Waals surface area contributed by atoms with Gasteiger partial charge in [-0.1, -0.05) is 0 Å². The highest BCUT2D eigenvalue weighted by Crippen LogP contribution is 2.39. The summed E-state index contributed by atoms with van der Waals surface area (Å²) >= 11 is 1.53. The SMILES string of the molecule is CCOc1cc(C(=O)NNC(=O)c2cc(C)sc2C)cc(OCC)c1OCC. The maximum Gasteiger partial charge on any atom is 0.270 e. The average molecular weight is 407 g/mol. The summed E-state index contributed by atoms with van der Waals surface area (Å²) in [6.45, 7) is 10.6. The third kappa shape index (κ3) is 5.16. The molecule has 0 atom stereocenters. The first-order valence-corrected chi connectivity index (χ1v) is 9.96. The quantitative estimate of drug-likeness (QED) is 0.654. The molecule has 2 amide bonds. The van der Waals surface area contributed by atoms with Crippen molar-refractivity contribution in [3.63, 3.8) is 0 Å². The normalized spacial score (nSPS) is 10.3. The predicted molar refractivity (Wildman–Crippen MR) is 109 cm³/mol. The zero-order chi connectivity index (χ0) is 20.7. The van der Waals surface area contributed by atoms with Crippen molar-refractivity contribution in [2.75, 3.05) is 19.8 Å². The van der Waals surface area contributed by atoms with E-state index in [2.05, 4.69) is 10.9 Å². The molecule has 0 aliphatic heterocycles. The summed E-state index contributed by atoms with van der Waals surface area (Å²) in [4.78, 5) is 26.8. The van der Waals surface area contributed by atoms with Crippen LogP contribution in [0.3, 0.4) is 0 Å². The molecule has 8 heteroatoms. The number of amides is 2. The van der Waals surface area contributed by atoms with Crippen molar-refractivity contribution in [3.8, 4) is 17.2 Å². The molecule has 152 valence electrons. The third-order valence-corrected chi connectivity index (χ3v) is 4.71. The average Bonchev–Trinajstić information content (AvgIpc) is 3.00. The first-order chi connectivity index (χ1) is 13.4. The molecule has 0 saturated heterocycles. The Morgan fingerprint density at radius 2 is 1.39 bits per heavy atom. The van der Waals surface area contributed by atoms with Crippen molar-refractivity contribution < 1.29 is 23.8 Å². The van der Waals surface area contributed by atoms with Gasteiger partial charge in [-0.05, 0) is 52.8 Å². The monoisotopic (exact) mass is 406 g/mol. The second-order valence-electron chi connectivity index (χ2n) is 5.84. The van der Waals surface area contributed by atoms with Crippen molar-refractivity contribution in [3.05, 3.63) is 39.1 Å². The maximum atomic E-state index is 12.6. The van der Waals surface area contributed by atoms with E-state index >= 15 is 0 Å². The van der Waals surface area contributed by atoms with Gasteiger partial charge in [0.15, 0.2) is 11.5 Å². The number of carbonyl (C=O) groups is 2. The molecule has 0 aliphatic carbocycles. The first kappa shape index (κ1) is 21.6. The Kier molecular flexibility index (Phi) is 7.69. The lowest BCUT2D eigenvalue weighted by atomic mass is 10.1. The molecular weight excluding hydrogens is 380 g/mol. The molecular formula is C20H26N2O5S. The van der Waals surface area contributed by atoms with E-state index in [0.717, 1.165) is 9.75 Å². The van der Waals surface area contributed by atoms with Gasteiger partial charge in [-0.2, -0.15) is 0 Å². The molecule has 1 aromatic carbocycles. The Labute approximate surface area is 169 Å². The van der Waals surface area contributed by atoms with Crippen LogP contribution in [0.5, 0.6) is 17.2 Å². The van der Waals surface area contributed by atoms with Crippen LogP contribution in [-0.2, 0) is 0 Å². The van der Waals surface area contributed by atoms with Crippen molar-refractivity contribution in [2.24, 2.45) is 0 Å². The van der Waals surface area contributed by atoms with Gasteiger partial charge in [0.25, 0.3) is 11.8 Å². The number of aryl methyl sites for hydroxylation is 2. The van der Waals surface area contributed by atoms with Crippen LogP contribution in [0, 0.1) is 13.8 Å². The number of nitrogens with one attached hydrogen (secondary N) is 2. The van der Waals surface area contributed by atoms with Crippen molar-refractivity contribution in [2.45, 2.75) is 34.6 Å². The van der Waals surface area contributed by atoms with E-state index in [-0.39, 0.29) is 11.5 Å². The molecule has 1 aromatic heterocycles. The van der Waals surface area contributed by atoms with E-state index in [9.17, 15) is 9.59 Å². The summed E-state index contributed by atoms with van der Waals surface area (Å²) in [5.41, 5.74) is 5.71. The van der Waals surface area contributed by atoms with Crippen molar-refractivity contribution in [1.82, 2.24) is 10.9 Å². The fraction of sp³-hybridized carbons (Fsp3) is 0.400. The minimum Gasteiger partial charge on any atom is -0.490 e. The number of thiophene rings is 1. The first-order valence-electron chi connectivity index (χ1n) is 9.15. The highest BCUT2D eigenvalue weighted by Gasteiger charge is 2.19. The standard InChI is InChI=1S/C20H26N2O5S/c1-6-25-16-10-14(11-17(26-7-2)18(16)27-8-3)19(23)21-22-20(24)15-9-12(4)28-13(15)5/h9-11H,6-8H2,1-5H3,(H,21,23)(H,22,24). The maximum absolute atomic E-state index is 12.6. The Bertz CT molecular complexity index is 820. The third-order valence-electron chi connectivity index (χ3n) is 3.75. The van der Waals surface area contributed by atoms with E-state index in [0.29, 0.717) is 42.6 Å². The Hall–Kier alpha value is -2.74. The molecule has 0 fully saturated rings. The summed E-state index contributed by atoms with van der Waals surface area (Å²) < 4.78 is 16.8. The lowest BCUT2D eigenvalue weighted by Crippen LogP contribution is -2.41. The Morgan fingerprint density at radius 3 is 1.86 bits per heavy atom. The van der Waals surface area contributed by atoms with Crippen LogP contribution < -0.4 is 25.1 Å². The molecule has 0 spiro atoms. The minimum absolute atomic E-state index is 0.286. The van der Waals surface area contributed by atoms with Crippen LogP contribution in [0.2, 0.25) is 0 Å². The highest BCUT2D eigenvalue weighted by atomic mass is 32.1. The molecule has 28 heavy (non-hydrogen) atoms. The number of hydrogen-bond acceptors (Lipinski definition) is 6. The molecule has 2 N–H and O–H groups in total. The number of benzene rings is 1. The van der Waals surface area contributed by atoms with Crippen LogP contribution in [0.4, 0.5) is 0 Å². The lowest BCUT2D eigenvalue weighted by molar-refractivity contribution is 0.0846. The number of ether oxygens (including phenoxy) is 3. The zero-order valence-corrected chi connectivity index (χ0v) is 17.6. The van der Waals surface area contributed by atoms with E-state index in [4.69, 9.17) is 14.2 Å². The number of hydrazine groups is 1. The van der Waals surface area contributed by atoms with Crippen molar-refractivity contribution in [1.29, 1.82) is 0 Å². The lowest BCUT2D eigenvalue weighted by Gasteiger charge is -2.17. The number of rotatable bonds is 8. The van der Waals surface area contributed by atoms with Gasteiger partial charge in [0.05, 0.1) is 25.4 Å². The summed E-state index contributed by atoms with van der Waals surface area (Å²) in [6.07, 6.45) is 0. The zero-order valence-electron chi connectivity index (χ0n) is 16.8. The summed E-state index contributed by atoms with van der Waals surface area (Å²) in [7, 11) is 0. The van der Waals surface area contributed by atoms with Crippen molar-refractivity contribution >= 4 is 23.2 Å². The van der Waals surface area contributed by atoms with Crippen LogP contribution in [0.1, 0.15) is 51.2 Å². The van der Waals surface area contributed by atoms with Crippen LogP contribution in [0.25, 0.3) is 0 Å². The summed E-state index contributed by atoms with van der Waals surface area (Å²) in [5, 5.41) is 0. The van der Waals surface area contributed by atoms with E-state index in [1.165, 1.54) is 11.3 Å². The van der Waals surface area contributed by atoms with Gasteiger partial charge in [0.2, 0.25) is 5.75 Å². The molecule has 0 bridgehead atoms. The van der Waals surface area contributed by atoms with Gasteiger partial charge >= 0.3 is 0 Å². The molecule has 1 heterocycles. The van der Waals surface area contributed by atoms with Gasteiger partial charge in [-0.15, -0.1) is 11.3 Å². The number of carbonyl (C=O) groups excluding carboxylic acids is 2. The Morgan fingerprint density at radius 1 is 0.857 bits per heavy atom. The minimum atomic E-state index is -0.483. The van der Waals surface area contributed by atoms with Crippen LogP contribution in [0.15, 0.2) is 18.2 Å². The van der Waals surface area contributed by atoms with E-state index < -0.39 is 5.91 Å². The van der Waals surface area contributed by atoms with Gasteiger partial charge in [0, 0.05) is 15.3 Å². The predicted octanol–water partition coefficient (Wildman–Crippen LogP) is 3.64. The second-order valence-corrected chi connectivity index (χ2v) is 7.30. The van der Waals surface area contributed by atoms with Gasteiger partial charge in [-0.25, -0.2) is 0 Å². The largest absolute Gasteiger partial charge is 0.490 e. The van der Waals surface area contributed by atoms with Gasteiger partial charge < -0.3 is 14.2 Å². The smallest absolute Gasteiger partial charge is 0.270 e. The molecule has 7 nitrogen and oxygen atoms in total. The topological polar surface area (TPSA) is 85.9 Å².